The molecule has 21 heavy (non-hydrogen) atoms. The lowest BCUT2D eigenvalue weighted by Gasteiger charge is -2.27. The summed E-state index contributed by atoms with van der Waals surface area (Å²) in [5, 5.41) is 7.50. The number of nitrogens with one attached hydrogen (secondary N) is 2. The fourth-order valence-electron chi connectivity index (χ4n) is 2.73. The lowest BCUT2D eigenvalue weighted by atomic mass is 9.87. The monoisotopic (exact) mass is 327 g/mol. The minimum Gasteiger partial charge on any atom is -0.396 e. The summed E-state index contributed by atoms with van der Waals surface area (Å²) in [5.74, 6) is 0.767. The van der Waals surface area contributed by atoms with E-state index in [1.54, 1.807) is 11.8 Å². The van der Waals surface area contributed by atoms with Gasteiger partial charge in [-0.25, -0.2) is 0 Å². The van der Waals surface area contributed by atoms with E-state index in [1.165, 1.54) is 37.0 Å². The summed E-state index contributed by atoms with van der Waals surface area (Å²) in [7, 11) is 0. The Hall–Kier alpha value is -0.880. The molecule has 1 amide bonds. The molecule has 0 atom stereocenters. The lowest BCUT2D eigenvalue weighted by Crippen LogP contribution is -2.24. The van der Waals surface area contributed by atoms with E-state index in [2.05, 4.69) is 17.6 Å². The van der Waals surface area contributed by atoms with Gasteiger partial charge in [0, 0.05) is 12.6 Å². The van der Waals surface area contributed by atoms with Crippen molar-refractivity contribution in [3.8, 4) is 0 Å². The first-order valence-corrected chi connectivity index (χ1v) is 9.61. The number of rotatable bonds is 5. The number of nitrogens with two attached hydrogens (primary N) is 1. The van der Waals surface area contributed by atoms with Gasteiger partial charge in [-0.1, -0.05) is 6.92 Å². The molecule has 1 heterocycles. The van der Waals surface area contributed by atoms with Gasteiger partial charge in [0.15, 0.2) is 0 Å². The molecule has 0 saturated heterocycles. The minimum absolute atomic E-state index is 0.0689. The fourth-order valence-corrected chi connectivity index (χ4v) is 4.74. The van der Waals surface area contributed by atoms with E-state index >= 15 is 0 Å². The van der Waals surface area contributed by atoms with Gasteiger partial charge < -0.3 is 16.4 Å². The molecular weight excluding hydrogens is 302 g/mol. The van der Waals surface area contributed by atoms with Crippen molar-refractivity contribution in [2.24, 2.45) is 5.92 Å². The van der Waals surface area contributed by atoms with Crippen LogP contribution in [-0.2, 0) is 0 Å². The summed E-state index contributed by atoms with van der Waals surface area (Å²) in [6.07, 6.45) is 6.95. The third-order valence-corrected chi connectivity index (χ3v) is 6.10. The highest BCUT2D eigenvalue weighted by atomic mass is 32.2. The second-order valence-corrected chi connectivity index (χ2v) is 7.50. The molecule has 4 nitrogen and oxygen atoms in total. The molecule has 1 aromatic rings. The van der Waals surface area contributed by atoms with Crippen LogP contribution in [0, 0.1) is 5.92 Å². The molecule has 6 heteroatoms. The van der Waals surface area contributed by atoms with Gasteiger partial charge in [0.2, 0.25) is 0 Å². The standard InChI is InChI=1S/C15H25N3OS2/c1-4-17-14(19)12-11(16)13(20-3)15(21-12)18-10-7-5-9(2)6-8-10/h9-10,18H,4-8,16H2,1-3H3,(H,17,19). The number of hydrogen-bond acceptors (Lipinski definition) is 5. The van der Waals surface area contributed by atoms with Gasteiger partial charge in [0.05, 0.1) is 10.6 Å². The number of carbonyl (C=O) groups excluding carboxylic acids is 1. The highest BCUT2D eigenvalue weighted by molar-refractivity contribution is 7.99. The van der Waals surface area contributed by atoms with Crippen molar-refractivity contribution in [1.82, 2.24) is 5.32 Å². The van der Waals surface area contributed by atoms with Crippen LogP contribution in [-0.4, -0.2) is 24.7 Å². The molecule has 1 saturated carbocycles. The molecule has 4 N–H and O–H groups in total. The smallest absolute Gasteiger partial charge is 0.263 e. The average molecular weight is 328 g/mol. The normalized spacial score (nSPS) is 22.0. The van der Waals surface area contributed by atoms with Crippen LogP contribution in [0.4, 0.5) is 10.7 Å². The largest absolute Gasteiger partial charge is 0.396 e. The van der Waals surface area contributed by atoms with Crippen molar-refractivity contribution >= 4 is 39.7 Å². The molecule has 1 aromatic heterocycles. The number of thioether (sulfide) groups is 1. The second-order valence-electron chi connectivity index (χ2n) is 5.67. The van der Waals surface area contributed by atoms with Crippen molar-refractivity contribution in [2.45, 2.75) is 50.5 Å². The van der Waals surface area contributed by atoms with Gasteiger partial charge in [-0.3, -0.25) is 4.79 Å². The molecule has 1 fully saturated rings. The summed E-state index contributed by atoms with van der Waals surface area (Å²) in [6.45, 7) is 4.85. The lowest BCUT2D eigenvalue weighted by molar-refractivity contribution is 0.0960. The van der Waals surface area contributed by atoms with Crippen molar-refractivity contribution < 1.29 is 4.79 Å². The van der Waals surface area contributed by atoms with Crippen LogP contribution in [0.25, 0.3) is 0 Å². The minimum atomic E-state index is -0.0689. The SMILES string of the molecule is CCNC(=O)c1sc(NC2CCC(C)CC2)c(SC)c1N. The number of nitrogen functional groups attached to an aromatic ring is 1. The molecule has 2 rings (SSSR count). The Kier molecular flexibility index (Phi) is 5.81. The second kappa shape index (κ2) is 7.40. The van der Waals surface area contributed by atoms with E-state index in [0.717, 1.165) is 15.8 Å². The van der Waals surface area contributed by atoms with Gasteiger partial charge >= 0.3 is 0 Å². The van der Waals surface area contributed by atoms with E-state index in [-0.39, 0.29) is 5.91 Å². The van der Waals surface area contributed by atoms with Crippen LogP contribution in [0.2, 0.25) is 0 Å². The molecule has 1 aliphatic carbocycles. The zero-order valence-electron chi connectivity index (χ0n) is 13.0. The van der Waals surface area contributed by atoms with Crippen molar-refractivity contribution in [1.29, 1.82) is 0 Å². The average Bonchev–Trinajstić information content (AvgIpc) is 2.78. The fraction of sp³-hybridized carbons (Fsp3) is 0.667. The summed E-state index contributed by atoms with van der Waals surface area (Å²) in [6, 6.07) is 0.507. The number of thiophene rings is 1. The molecule has 1 aliphatic rings. The van der Waals surface area contributed by atoms with E-state index < -0.39 is 0 Å². The summed E-state index contributed by atoms with van der Waals surface area (Å²) < 4.78 is 0. The molecule has 0 aromatic carbocycles. The van der Waals surface area contributed by atoms with Crippen LogP contribution < -0.4 is 16.4 Å². The zero-order chi connectivity index (χ0) is 15.4. The first-order chi connectivity index (χ1) is 10.1. The summed E-state index contributed by atoms with van der Waals surface area (Å²) >= 11 is 3.09. The predicted molar refractivity (Wildman–Crippen MR) is 93.6 cm³/mol. The van der Waals surface area contributed by atoms with Crippen LogP contribution in [0.5, 0.6) is 0 Å². The molecule has 0 unspecified atom stereocenters. The first-order valence-electron chi connectivity index (χ1n) is 7.57. The summed E-state index contributed by atoms with van der Waals surface area (Å²) in [4.78, 5) is 13.7. The Labute approximate surface area is 135 Å². The molecule has 0 aliphatic heterocycles. The maximum absolute atomic E-state index is 12.1. The topological polar surface area (TPSA) is 67.2 Å². The van der Waals surface area contributed by atoms with Crippen molar-refractivity contribution in [2.75, 3.05) is 23.9 Å². The maximum atomic E-state index is 12.1. The number of hydrogen-bond donors (Lipinski definition) is 3. The van der Waals surface area contributed by atoms with Gasteiger partial charge in [0.25, 0.3) is 5.91 Å². The zero-order valence-corrected chi connectivity index (χ0v) is 14.6. The third-order valence-electron chi connectivity index (χ3n) is 4.00. The number of anilines is 2. The quantitative estimate of drug-likeness (QED) is 0.720. The van der Waals surface area contributed by atoms with Gasteiger partial charge in [-0.05, 0) is 44.8 Å². The Bertz CT molecular complexity index is 493. The third kappa shape index (κ3) is 3.86. The van der Waals surface area contributed by atoms with Crippen LogP contribution in [0.15, 0.2) is 4.90 Å². The molecule has 0 spiro atoms. The van der Waals surface area contributed by atoms with E-state index in [9.17, 15) is 4.79 Å². The maximum Gasteiger partial charge on any atom is 0.263 e. The predicted octanol–water partition coefficient (Wildman–Crippen LogP) is 3.79. The summed E-state index contributed by atoms with van der Waals surface area (Å²) in [5.41, 5.74) is 6.78. The van der Waals surface area contributed by atoms with Crippen LogP contribution in [0.1, 0.15) is 49.2 Å². The highest BCUT2D eigenvalue weighted by Crippen LogP contribution is 2.42. The van der Waals surface area contributed by atoms with Crippen LogP contribution >= 0.6 is 23.1 Å². The number of amides is 1. The van der Waals surface area contributed by atoms with E-state index in [0.29, 0.717) is 23.2 Å². The van der Waals surface area contributed by atoms with E-state index in [1.807, 2.05) is 13.2 Å². The Morgan fingerprint density at radius 1 is 1.38 bits per heavy atom. The molecule has 0 radical (unpaired) electrons. The van der Waals surface area contributed by atoms with Crippen molar-refractivity contribution in [3.63, 3.8) is 0 Å². The molecule has 118 valence electrons. The Morgan fingerprint density at radius 3 is 2.62 bits per heavy atom. The van der Waals surface area contributed by atoms with Crippen molar-refractivity contribution in [3.05, 3.63) is 4.88 Å². The Morgan fingerprint density at radius 2 is 2.05 bits per heavy atom. The first kappa shape index (κ1) is 16.5. The molecule has 0 bridgehead atoms. The highest BCUT2D eigenvalue weighted by Gasteiger charge is 2.24. The van der Waals surface area contributed by atoms with Gasteiger partial charge in [0.1, 0.15) is 9.88 Å². The van der Waals surface area contributed by atoms with Crippen LogP contribution in [0.3, 0.4) is 0 Å². The van der Waals surface area contributed by atoms with Gasteiger partial charge in [-0.2, -0.15) is 0 Å². The Balaban J connectivity index is 2.15. The van der Waals surface area contributed by atoms with E-state index in [4.69, 9.17) is 5.73 Å². The molecular formula is C15H25N3OS2. The number of carbonyl (C=O) groups is 1. The van der Waals surface area contributed by atoms with Gasteiger partial charge in [-0.15, -0.1) is 23.1 Å².